The van der Waals surface area contributed by atoms with Crippen molar-refractivity contribution in [1.29, 1.82) is 0 Å². The fourth-order valence-corrected chi connectivity index (χ4v) is 5.54. The first-order chi connectivity index (χ1) is 15.9. The van der Waals surface area contributed by atoms with E-state index in [1.165, 1.54) is 34.8 Å². The molecule has 0 N–H and O–H groups in total. The molecular formula is C29H39NO3. The summed E-state index contributed by atoms with van der Waals surface area (Å²) in [6, 6.07) is 13.2. The van der Waals surface area contributed by atoms with Crippen molar-refractivity contribution in [2.24, 2.45) is 17.8 Å². The number of nitrogens with zero attached hydrogens (tertiary/aromatic N) is 1. The van der Waals surface area contributed by atoms with Crippen LogP contribution in [0.4, 0.5) is 0 Å². The number of esters is 1. The Morgan fingerprint density at radius 3 is 2.48 bits per heavy atom. The fraction of sp³-hybridized carbons (Fsp3) is 0.552. The third-order valence-corrected chi connectivity index (χ3v) is 7.53. The first kappa shape index (κ1) is 23.8. The molecule has 0 amide bonds. The summed E-state index contributed by atoms with van der Waals surface area (Å²) in [5.74, 6) is 1.97. The number of rotatable bonds is 7. The van der Waals surface area contributed by atoms with Gasteiger partial charge in [0, 0.05) is 13.1 Å². The van der Waals surface area contributed by atoms with Crippen molar-refractivity contribution in [1.82, 2.24) is 4.90 Å². The quantitative estimate of drug-likeness (QED) is 0.363. The van der Waals surface area contributed by atoms with Crippen molar-refractivity contribution in [2.75, 3.05) is 19.7 Å². The summed E-state index contributed by atoms with van der Waals surface area (Å²) in [5.41, 5.74) is 2.63. The van der Waals surface area contributed by atoms with Crippen LogP contribution in [0.2, 0.25) is 0 Å². The maximum absolute atomic E-state index is 12.2. The number of allylic oxidation sites excluding steroid dienone is 1. The van der Waals surface area contributed by atoms with Crippen LogP contribution in [-0.4, -0.2) is 36.7 Å². The Labute approximate surface area is 198 Å². The van der Waals surface area contributed by atoms with Crippen molar-refractivity contribution in [3.05, 3.63) is 54.1 Å². The van der Waals surface area contributed by atoms with Crippen LogP contribution in [0.3, 0.4) is 0 Å². The monoisotopic (exact) mass is 449 g/mol. The number of hydrogen-bond acceptors (Lipinski definition) is 4. The van der Waals surface area contributed by atoms with Gasteiger partial charge in [-0.3, -0.25) is 9.69 Å². The van der Waals surface area contributed by atoms with Gasteiger partial charge in [0.05, 0.1) is 18.6 Å². The van der Waals surface area contributed by atoms with Crippen molar-refractivity contribution in [3.63, 3.8) is 0 Å². The van der Waals surface area contributed by atoms with E-state index in [-0.39, 0.29) is 11.9 Å². The second-order valence-electron chi connectivity index (χ2n) is 10.1. The summed E-state index contributed by atoms with van der Waals surface area (Å²) in [6.45, 7) is 13.6. The second-order valence-corrected chi connectivity index (χ2v) is 10.1. The number of benzene rings is 2. The van der Waals surface area contributed by atoms with Crippen molar-refractivity contribution < 1.29 is 14.3 Å². The standard InChI is InChI=1S/C29H39NO3/c1-5-32-29(31)28-14-15-30(18-21(28)4)19-22-6-7-25-17-27(13-10-24(25)16-22)33-26-11-8-23(9-12-26)20(2)3/h6-7,10,13,16-17,21,23,26,28H,2,5,8-9,11-12,14-15,18-19H2,1,3-4H3/t21?,23-,26-,28?. The van der Waals surface area contributed by atoms with E-state index in [4.69, 9.17) is 9.47 Å². The van der Waals surface area contributed by atoms with E-state index in [0.717, 1.165) is 44.6 Å². The predicted octanol–water partition coefficient (Wildman–Crippen LogP) is 6.37. The topological polar surface area (TPSA) is 38.8 Å². The summed E-state index contributed by atoms with van der Waals surface area (Å²) in [7, 11) is 0. The molecule has 33 heavy (non-hydrogen) atoms. The highest BCUT2D eigenvalue weighted by molar-refractivity contribution is 5.84. The molecule has 1 aliphatic heterocycles. The number of carbonyl (C=O) groups is 1. The van der Waals surface area contributed by atoms with Gasteiger partial charge in [-0.05, 0) is 98.9 Å². The Kier molecular flexibility index (Phi) is 7.75. The van der Waals surface area contributed by atoms with Crippen LogP contribution in [0.25, 0.3) is 10.8 Å². The first-order valence-corrected chi connectivity index (χ1v) is 12.7. The zero-order valence-electron chi connectivity index (χ0n) is 20.5. The minimum Gasteiger partial charge on any atom is -0.490 e. The minimum atomic E-state index is -0.0303. The van der Waals surface area contributed by atoms with Gasteiger partial charge in [0.15, 0.2) is 0 Å². The van der Waals surface area contributed by atoms with Crippen LogP contribution in [0, 0.1) is 17.8 Å². The highest BCUT2D eigenvalue weighted by Gasteiger charge is 2.32. The van der Waals surface area contributed by atoms with Crippen LogP contribution < -0.4 is 4.74 Å². The van der Waals surface area contributed by atoms with Gasteiger partial charge in [-0.2, -0.15) is 0 Å². The van der Waals surface area contributed by atoms with E-state index in [0.29, 0.717) is 24.5 Å². The van der Waals surface area contributed by atoms with E-state index in [1.807, 2.05) is 6.92 Å². The average molecular weight is 450 g/mol. The molecule has 1 heterocycles. The average Bonchev–Trinajstić information content (AvgIpc) is 2.80. The Morgan fingerprint density at radius 2 is 1.79 bits per heavy atom. The maximum Gasteiger partial charge on any atom is 0.309 e. The highest BCUT2D eigenvalue weighted by Crippen LogP contribution is 2.32. The summed E-state index contributed by atoms with van der Waals surface area (Å²) < 4.78 is 11.6. The molecule has 2 aliphatic rings. The Morgan fingerprint density at radius 1 is 1.06 bits per heavy atom. The minimum absolute atomic E-state index is 0.0303. The van der Waals surface area contributed by atoms with E-state index in [9.17, 15) is 4.79 Å². The Balaban J connectivity index is 1.34. The van der Waals surface area contributed by atoms with E-state index in [1.54, 1.807) is 0 Å². The number of fused-ring (bicyclic) bond motifs is 1. The van der Waals surface area contributed by atoms with Crippen LogP contribution in [0.5, 0.6) is 5.75 Å². The number of ether oxygens (including phenoxy) is 2. The Hall–Kier alpha value is -2.33. The van der Waals surface area contributed by atoms with Crippen LogP contribution in [-0.2, 0) is 16.1 Å². The lowest BCUT2D eigenvalue weighted by molar-refractivity contribution is -0.151. The van der Waals surface area contributed by atoms with Crippen LogP contribution >= 0.6 is 0 Å². The molecule has 2 unspecified atom stereocenters. The molecule has 178 valence electrons. The first-order valence-electron chi connectivity index (χ1n) is 12.7. The van der Waals surface area contributed by atoms with Crippen molar-refractivity contribution in [3.8, 4) is 5.75 Å². The summed E-state index contributed by atoms with van der Waals surface area (Å²) >= 11 is 0. The molecule has 2 aromatic rings. The number of carbonyl (C=O) groups excluding carboxylic acids is 1. The fourth-order valence-electron chi connectivity index (χ4n) is 5.54. The van der Waals surface area contributed by atoms with Gasteiger partial charge in [-0.1, -0.05) is 37.3 Å². The van der Waals surface area contributed by atoms with E-state index < -0.39 is 0 Å². The van der Waals surface area contributed by atoms with Gasteiger partial charge in [0.1, 0.15) is 5.75 Å². The molecule has 1 saturated carbocycles. The van der Waals surface area contributed by atoms with Gasteiger partial charge in [-0.25, -0.2) is 0 Å². The zero-order valence-corrected chi connectivity index (χ0v) is 20.5. The normalized spacial score (nSPS) is 26.2. The lowest BCUT2D eigenvalue weighted by Gasteiger charge is -2.35. The summed E-state index contributed by atoms with van der Waals surface area (Å²) in [5, 5.41) is 2.47. The van der Waals surface area contributed by atoms with Crippen LogP contribution in [0.1, 0.15) is 58.4 Å². The predicted molar refractivity (Wildman–Crippen MR) is 134 cm³/mol. The molecule has 0 spiro atoms. The third-order valence-electron chi connectivity index (χ3n) is 7.53. The summed E-state index contributed by atoms with van der Waals surface area (Å²) in [4.78, 5) is 14.6. The molecule has 1 aliphatic carbocycles. The molecule has 1 saturated heterocycles. The smallest absolute Gasteiger partial charge is 0.309 e. The Bertz CT molecular complexity index is 976. The molecule has 2 aromatic carbocycles. The van der Waals surface area contributed by atoms with E-state index in [2.05, 4.69) is 61.7 Å². The lowest BCUT2D eigenvalue weighted by Crippen LogP contribution is -2.42. The van der Waals surface area contributed by atoms with Gasteiger partial charge >= 0.3 is 5.97 Å². The number of hydrogen-bond donors (Lipinski definition) is 0. The van der Waals surface area contributed by atoms with Crippen molar-refractivity contribution >= 4 is 16.7 Å². The van der Waals surface area contributed by atoms with Gasteiger partial charge in [-0.15, -0.1) is 0 Å². The maximum atomic E-state index is 12.2. The third kappa shape index (κ3) is 5.97. The molecule has 4 heteroatoms. The molecule has 2 fully saturated rings. The van der Waals surface area contributed by atoms with Gasteiger partial charge in [0.25, 0.3) is 0 Å². The molecule has 4 rings (SSSR count). The van der Waals surface area contributed by atoms with Gasteiger partial charge in [0.2, 0.25) is 0 Å². The zero-order chi connectivity index (χ0) is 23.4. The SMILES string of the molecule is C=C(C)[C@H]1CC[C@H](Oc2ccc3cc(CN4CCC(C(=O)OCC)C(C)C4)ccc3c2)CC1. The van der Waals surface area contributed by atoms with E-state index >= 15 is 0 Å². The van der Waals surface area contributed by atoms with Gasteiger partial charge < -0.3 is 9.47 Å². The molecule has 0 radical (unpaired) electrons. The van der Waals surface area contributed by atoms with Crippen LogP contribution in [0.15, 0.2) is 48.6 Å². The molecule has 4 nitrogen and oxygen atoms in total. The molecule has 2 atom stereocenters. The molecule has 0 aromatic heterocycles. The largest absolute Gasteiger partial charge is 0.490 e. The molecular weight excluding hydrogens is 410 g/mol. The molecule has 0 bridgehead atoms. The second kappa shape index (κ2) is 10.7. The lowest BCUT2D eigenvalue weighted by atomic mass is 9.83. The highest BCUT2D eigenvalue weighted by atomic mass is 16.5. The number of likely N-dealkylation sites (tertiary alicyclic amines) is 1. The number of piperidine rings is 1. The summed E-state index contributed by atoms with van der Waals surface area (Å²) in [6.07, 6.45) is 5.79. The van der Waals surface area contributed by atoms with Crippen molar-refractivity contribution in [2.45, 2.75) is 65.5 Å².